The third kappa shape index (κ3) is 3.31. The van der Waals surface area contributed by atoms with E-state index in [1.165, 1.54) is 0 Å². The molecular formula is C13H15NO3. The number of ether oxygens (including phenoxy) is 1. The lowest BCUT2D eigenvalue weighted by Crippen LogP contribution is -2.39. The summed E-state index contributed by atoms with van der Waals surface area (Å²) in [6, 6.07) is 9.56. The van der Waals surface area contributed by atoms with Crippen LogP contribution in [0.25, 0.3) is 0 Å². The molecule has 1 aliphatic heterocycles. The highest BCUT2D eigenvalue weighted by Gasteiger charge is 2.25. The molecule has 4 heteroatoms. The number of nitrogens with one attached hydrogen (secondary N) is 1. The number of hydrogen-bond acceptors (Lipinski definition) is 3. The first kappa shape index (κ1) is 11.6. The third-order valence-corrected chi connectivity index (χ3v) is 2.82. The van der Waals surface area contributed by atoms with Gasteiger partial charge in [0.05, 0.1) is 5.92 Å². The van der Waals surface area contributed by atoms with Crippen molar-refractivity contribution in [1.82, 2.24) is 5.32 Å². The Bertz CT molecular complexity index is 392. The van der Waals surface area contributed by atoms with Crippen molar-refractivity contribution < 1.29 is 14.3 Å². The van der Waals surface area contributed by atoms with Crippen LogP contribution in [0.15, 0.2) is 30.3 Å². The van der Waals surface area contributed by atoms with E-state index in [1.54, 1.807) is 0 Å². The van der Waals surface area contributed by atoms with Crippen LogP contribution in [0.4, 0.5) is 0 Å². The smallest absolute Gasteiger partial charge is 0.311 e. The van der Waals surface area contributed by atoms with E-state index in [0.717, 1.165) is 5.56 Å². The minimum absolute atomic E-state index is 0.0112. The zero-order chi connectivity index (χ0) is 12.1. The molecule has 0 radical (unpaired) electrons. The molecule has 4 nitrogen and oxygen atoms in total. The van der Waals surface area contributed by atoms with Crippen LogP contribution in [0, 0.1) is 5.92 Å². The van der Waals surface area contributed by atoms with E-state index in [-0.39, 0.29) is 17.8 Å². The first-order valence-electron chi connectivity index (χ1n) is 5.73. The molecule has 0 bridgehead atoms. The maximum Gasteiger partial charge on any atom is 0.311 e. The molecule has 1 saturated heterocycles. The first-order valence-corrected chi connectivity index (χ1v) is 5.73. The van der Waals surface area contributed by atoms with Crippen LogP contribution in [0.3, 0.4) is 0 Å². The quantitative estimate of drug-likeness (QED) is 0.799. The number of esters is 1. The van der Waals surface area contributed by atoms with E-state index >= 15 is 0 Å². The van der Waals surface area contributed by atoms with Gasteiger partial charge in [0.1, 0.15) is 6.61 Å². The summed E-state index contributed by atoms with van der Waals surface area (Å²) >= 11 is 0. The fourth-order valence-corrected chi connectivity index (χ4v) is 1.78. The molecule has 1 N–H and O–H groups in total. The third-order valence-electron chi connectivity index (χ3n) is 2.82. The summed E-state index contributed by atoms with van der Waals surface area (Å²) in [5.74, 6) is -0.414. The van der Waals surface area contributed by atoms with Crippen LogP contribution in [0.2, 0.25) is 0 Å². The Labute approximate surface area is 100.0 Å². The van der Waals surface area contributed by atoms with Crippen molar-refractivity contribution in [3.8, 4) is 0 Å². The maximum absolute atomic E-state index is 11.7. The van der Waals surface area contributed by atoms with Crippen molar-refractivity contribution in [2.24, 2.45) is 5.92 Å². The van der Waals surface area contributed by atoms with E-state index in [9.17, 15) is 9.59 Å². The van der Waals surface area contributed by atoms with Gasteiger partial charge < -0.3 is 10.1 Å². The highest BCUT2D eigenvalue weighted by Crippen LogP contribution is 2.13. The predicted octanol–water partition coefficient (Wildman–Crippen LogP) is 1.26. The van der Waals surface area contributed by atoms with Gasteiger partial charge in [-0.05, 0) is 12.0 Å². The van der Waals surface area contributed by atoms with Crippen molar-refractivity contribution in [2.75, 3.05) is 6.54 Å². The molecule has 0 aliphatic carbocycles. The highest BCUT2D eigenvalue weighted by atomic mass is 16.5. The molecule has 1 atom stereocenters. The van der Waals surface area contributed by atoms with Crippen molar-refractivity contribution in [1.29, 1.82) is 0 Å². The predicted molar refractivity (Wildman–Crippen MR) is 62.0 cm³/mol. The lowest BCUT2D eigenvalue weighted by Gasteiger charge is -2.20. The Kier molecular flexibility index (Phi) is 3.75. The van der Waals surface area contributed by atoms with Crippen molar-refractivity contribution in [3.63, 3.8) is 0 Å². The Morgan fingerprint density at radius 2 is 2.12 bits per heavy atom. The summed E-state index contributed by atoms with van der Waals surface area (Å²) in [7, 11) is 0. The number of rotatable bonds is 3. The topological polar surface area (TPSA) is 55.4 Å². The van der Waals surface area contributed by atoms with E-state index in [1.807, 2.05) is 30.3 Å². The molecule has 0 saturated carbocycles. The molecule has 90 valence electrons. The number of benzene rings is 1. The number of carbonyl (C=O) groups is 2. The van der Waals surface area contributed by atoms with E-state index < -0.39 is 0 Å². The summed E-state index contributed by atoms with van der Waals surface area (Å²) in [5, 5.41) is 2.67. The van der Waals surface area contributed by atoms with Gasteiger partial charge in [0.25, 0.3) is 0 Å². The van der Waals surface area contributed by atoms with Crippen LogP contribution in [0.5, 0.6) is 0 Å². The number of hydrogen-bond donors (Lipinski definition) is 1. The summed E-state index contributed by atoms with van der Waals surface area (Å²) < 4.78 is 5.21. The first-order chi connectivity index (χ1) is 8.25. The molecule has 1 amide bonds. The second-order valence-corrected chi connectivity index (χ2v) is 4.13. The van der Waals surface area contributed by atoms with Crippen molar-refractivity contribution >= 4 is 11.9 Å². The Hall–Kier alpha value is -1.84. The zero-order valence-electron chi connectivity index (χ0n) is 9.52. The summed E-state index contributed by atoms with van der Waals surface area (Å²) in [4.78, 5) is 22.7. The SMILES string of the molecule is O=C1CCC(C(=O)OCc2ccccc2)CN1. The van der Waals surface area contributed by atoms with Crippen LogP contribution >= 0.6 is 0 Å². The van der Waals surface area contributed by atoms with Crippen LogP contribution in [-0.4, -0.2) is 18.4 Å². The minimum Gasteiger partial charge on any atom is -0.461 e. The molecule has 0 aromatic heterocycles. The molecular weight excluding hydrogens is 218 g/mol. The minimum atomic E-state index is -0.228. The molecule has 1 aromatic carbocycles. The van der Waals surface area contributed by atoms with Gasteiger partial charge in [0.2, 0.25) is 5.91 Å². The van der Waals surface area contributed by atoms with Gasteiger partial charge in [-0.1, -0.05) is 30.3 Å². The summed E-state index contributed by atoms with van der Waals surface area (Å²) in [6.07, 6.45) is 0.991. The maximum atomic E-state index is 11.7. The van der Waals surface area contributed by atoms with Gasteiger partial charge in [-0.15, -0.1) is 0 Å². The fraction of sp³-hybridized carbons (Fsp3) is 0.385. The van der Waals surface area contributed by atoms with Gasteiger partial charge in [-0.2, -0.15) is 0 Å². The Morgan fingerprint density at radius 1 is 1.35 bits per heavy atom. The van der Waals surface area contributed by atoms with Crippen molar-refractivity contribution in [3.05, 3.63) is 35.9 Å². The number of carbonyl (C=O) groups excluding carboxylic acids is 2. The molecule has 0 spiro atoms. The Morgan fingerprint density at radius 3 is 2.76 bits per heavy atom. The standard InChI is InChI=1S/C13H15NO3/c15-12-7-6-11(8-14-12)13(16)17-9-10-4-2-1-3-5-10/h1-5,11H,6-9H2,(H,14,15). The molecule has 1 fully saturated rings. The van der Waals surface area contributed by atoms with Gasteiger partial charge in [0.15, 0.2) is 0 Å². The average Bonchev–Trinajstić information content (AvgIpc) is 2.38. The van der Waals surface area contributed by atoms with Crippen LogP contribution in [0.1, 0.15) is 18.4 Å². The number of amides is 1. The largest absolute Gasteiger partial charge is 0.461 e. The molecule has 1 aromatic rings. The zero-order valence-corrected chi connectivity index (χ0v) is 9.52. The second kappa shape index (κ2) is 5.48. The molecule has 17 heavy (non-hydrogen) atoms. The van der Waals surface area contributed by atoms with E-state index in [2.05, 4.69) is 5.32 Å². The number of piperidine rings is 1. The highest BCUT2D eigenvalue weighted by molar-refractivity contribution is 5.80. The average molecular weight is 233 g/mol. The fourth-order valence-electron chi connectivity index (χ4n) is 1.78. The summed E-state index contributed by atoms with van der Waals surface area (Å²) in [6.45, 7) is 0.691. The van der Waals surface area contributed by atoms with Gasteiger partial charge in [-0.25, -0.2) is 0 Å². The lowest BCUT2D eigenvalue weighted by atomic mass is 9.99. The van der Waals surface area contributed by atoms with Gasteiger partial charge in [0, 0.05) is 13.0 Å². The van der Waals surface area contributed by atoms with E-state index in [4.69, 9.17) is 4.74 Å². The second-order valence-electron chi connectivity index (χ2n) is 4.13. The lowest BCUT2D eigenvalue weighted by molar-refractivity contribution is -0.151. The molecule has 2 rings (SSSR count). The van der Waals surface area contributed by atoms with Gasteiger partial charge >= 0.3 is 5.97 Å². The van der Waals surface area contributed by atoms with Crippen molar-refractivity contribution in [2.45, 2.75) is 19.4 Å². The van der Waals surface area contributed by atoms with Crippen LogP contribution in [-0.2, 0) is 20.9 Å². The van der Waals surface area contributed by atoms with Gasteiger partial charge in [-0.3, -0.25) is 9.59 Å². The van der Waals surface area contributed by atoms with Crippen LogP contribution < -0.4 is 5.32 Å². The molecule has 1 heterocycles. The normalized spacial score (nSPS) is 19.5. The summed E-state index contributed by atoms with van der Waals surface area (Å²) in [5.41, 5.74) is 0.973. The molecule has 1 aliphatic rings. The monoisotopic (exact) mass is 233 g/mol. The Balaban J connectivity index is 1.80. The van der Waals surface area contributed by atoms with E-state index in [0.29, 0.717) is 26.0 Å². The molecule has 1 unspecified atom stereocenters.